The Morgan fingerprint density at radius 3 is 2.00 bits per heavy atom. The highest BCUT2D eigenvalue weighted by Crippen LogP contribution is 2.66. The predicted octanol–water partition coefficient (Wildman–Crippen LogP) is -0.136. The zero-order chi connectivity index (χ0) is 22.7. The summed E-state index contributed by atoms with van der Waals surface area (Å²) in [5.41, 5.74) is 0. The van der Waals surface area contributed by atoms with E-state index in [0.29, 0.717) is 5.75 Å². The van der Waals surface area contributed by atoms with E-state index in [-0.39, 0.29) is 5.75 Å². The second-order valence-electron chi connectivity index (χ2n) is 5.70. The summed E-state index contributed by atoms with van der Waals surface area (Å²) in [5.74, 6) is 0.768. The van der Waals surface area contributed by atoms with Crippen molar-refractivity contribution >= 4 is 23.5 Å². The Hall–Kier alpha value is -0.890. The van der Waals surface area contributed by atoms with Crippen LogP contribution in [0.1, 0.15) is 0 Å². The van der Waals surface area contributed by atoms with Crippen molar-refractivity contribution in [2.45, 2.75) is 24.6 Å². The molecule has 0 radical (unpaired) electrons. The summed E-state index contributed by atoms with van der Waals surface area (Å²) >= 11 is 0. The summed E-state index contributed by atoms with van der Waals surface area (Å²) in [6, 6.07) is 6.08. The largest absolute Gasteiger partial charge is 0.497 e. The van der Waals surface area contributed by atoms with Gasteiger partial charge in [0.05, 0.1) is 13.7 Å². The second kappa shape index (κ2) is 9.72. The number of methoxy groups -OCH3 is 1. The third-order valence-electron chi connectivity index (χ3n) is 3.45. The first kappa shape index (κ1) is 25.4. The number of aliphatic hydroxyl groups excluding tert-OH is 2. The molecule has 15 nitrogen and oxygen atoms in total. The molecule has 1 aliphatic rings. The molecule has 0 aromatic heterocycles. The van der Waals surface area contributed by atoms with Crippen LogP contribution in [0.3, 0.4) is 0 Å². The van der Waals surface area contributed by atoms with Gasteiger partial charge in [-0.15, -0.1) is 0 Å². The Morgan fingerprint density at radius 2 is 1.47 bits per heavy atom. The average molecular weight is 496 g/mol. The molecular weight excluding hydrogens is 477 g/mol. The SMILES string of the molecule is COc1ccc(OC2O[C@H](COP(=O)(O)OP(=O)(O)OP(=O)(O)O)[C@@H](O)[C@H]2O)cc1. The van der Waals surface area contributed by atoms with Gasteiger partial charge in [-0.1, -0.05) is 0 Å². The van der Waals surface area contributed by atoms with Crippen molar-refractivity contribution in [3.63, 3.8) is 0 Å². The Bertz CT molecular complexity index is 853. The maximum Gasteiger partial charge on any atom is 0.490 e. The first-order valence-corrected chi connectivity index (χ1v) is 12.3. The van der Waals surface area contributed by atoms with Gasteiger partial charge in [0, 0.05) is 0 Å². The fraction of sp³-hybridized carbons (Fsp3) is 0.500. The predicted molar refractivity (Wildman–Crippen MR) is 94.1 cm³/mol. The maximum absolute atomic E-state index is 11.7. The molecule has 30 heavy (non-hydrogen) atoms. The zero-order valence-corrected chi connectivity index (χ0v) is 17.7. The minimum absolute atomic E-state index is 0.237. The van der Waals surface area contributed by atoms with Gasteiger partial charge in [-0.2, -0.15) is 8.62 Å². The number of phosphoric acid groups is 3. The number of aliphatic hydroxyl groups is 2. The van der Waals surface area contributed by atoms with E-state index in [1.165, 1.54) is 19.2 Å². The maximum atomic E-state index is 11.7. The minimum Gasteiger partial charge on any atom is -0.497 e. The molecule has 0 bridgehead atoms. The number of hydrogen-bond acceptors (Lipinski definition) is 11. The fourth-order valence-electron chi connectivity index (χ4n) is 2.21. The Kier molecular flexibility index (Phi) is 8.22. The Balaban J connectivity index is 1.94. The van der Waals surface area contributed by atoms with Crippen LogP contribution in [-0.2, 0) is 31.6 Å². The quantitative estimate of drug-likeness (QED) is 0.232. The van der Waals surface area contributed by atoms with Gasteiger partial charge in [0.25, 0.3) is 0 Å². The van der Waals surface area contributed by atoms with Gasteiger partial charge in [0.1, 0.15) is 29.8 Å². The molecule has 18 heteroatoms. The standard InChI is InChI=1S/C12H19O15P3/c1-22-7-2-4-8(5-3-7)24-12-11(14)10(13)9(25-12)6-23-29(18,19)27-30(20,21)26-28(15,16)17/h2-5,9-14H,6H2,1H3,(H,18,19)(H,20,21)(H2,15,16,17)/t9-,10-,11-,12?/m1/s1. The molecule has 1 aromatic carbocycles. The average Bonchev–Trinajstić information content (AvgIpc) is 2.85. The van der Waals surface area contributed by atoms with Gasteiger partial charge in [0.2, 0.25) is 6.29 Å². The minimum atomic E-state index is -5.68. The molecule has 6 atom stereocenters. The molecule has 6 N–H and O–H groups in total. The summed E-state index contributed by atoms with van der Waals surface area (Å²) in [5, 5.41) is 20.0. The molecule has 1 saturated heterocycles. The van der Waals surface area contributed by atoms with E-state index in [1.54, 1.807) is 12.1 Å². The van der Waals surface area contributed by atoms with Gasteiger partial charge in [0.15, 0.2) is 0 Å². The van der Waals surface area contributed by atoms with Crippen LogP contribution in [-0.4, -0.2) is 68.1 Å². The van der Waals surface area contributed by atoms with Crippen molar-refractivity contribution in [1.29, 1.82) is 0 Å². The van der Waals surface area contributed by atoms with E-state index in [2.05, 4.69) is 13.1 Å². The topological polar surface area (TPSA) is 228 Å². The van der Waals surface area contributed by atoms with E-state index in [0.717, 1.165) is 0 Å². The monoisotopic (exact) mass is 496 g/mol. The first-order valence-electron chi connectivity index (χ1n) is 7.82. The normalized spacial score (nSPS) is 28.5. The lowest BCUT2D eigenvalue weighted by Crippen LogP contribution is -2.35. The number of benzene rings is 1. The van der Waals surface area contributed by atoms with Crippen LogP contribution in [0.15, 0.2) is 24.3 Å². The molecule has 0 aliphatic carbocycles. The van der Waals surface area contributed by atoms with E-state index in [1.807, 2.05) is 0 Å². The summed E-state index contributed by atoms with van der Waals surface area (Å²) in [4.78, 5) is 35.4. The summed E-state index contributed by atoms with van der Waals surface area (Å²) in [6.45, 7) is -0.940. The van der Waals surface area contributed by atoms with Crippen molar-refractivity contribution in [3.8, 4) is 11.5 Å². The molecule has 1 heterocycles. The van der Waals surface area contributed by atoms with Crippen LogP contribution < -0.4 is 9.47 Å². The Morgan fingerprint density at radius 1 is 0.900 bits per heavy atom. The Labute approximate surface area is 169 Å². The smallest absolute Gasteiger partial charge is 0.490 e. The third kappa shape index (κ3) is 7.66. The summed E-state index contributed by atoms with van der Waals surface area (Å²) in [6.07, 6.45) is -6.09. The van der Waals surface area contributed by atoms with E-state index >= 15 is 0 Å². The molecule has 1 aliphatic heterocycles. The highest BCUT2D eigenvalue weighted by molar-refractivity contribution is 7.66. The van der Waals surface area contributed by atoms with E-state index in [4.69, 9.17) is 28.9 Å². The molecule has 0 amide bonds. The number of hydrogen-bond donors (Lipinski definition) is 6. The lowest BCUT2D eigenvalue weighted by atomic mass is 10.1. The van der Waals surface area contributed by atoms with Crippen LogP contribution in [0, 0.1) is 0 Å². The van der Waals surface area contributed by atoms with Crippen molar-refractivity contribution in [2.24, 2.45) is 0 Å². The van der Waals surface area contributed by atoms with Crippen LogP contribution in [0.4, 0.5) is 0 Å². The second-order valence-corrected chi connectivity index (χ2v) is 10.1. The summed E-state index contributed by atoms with van der Waals surface area (Å²) in [7, 11) is -15.2. The number of phosphoric ester groups is 1. The molecule has 0 saturated carbocycles. The molecule has 1 aromatic rings. The van der Waals surface area contributed by atoms with Gasteiger partial charge in [-0.3, -0.25) is 4.52 Å². The van der Waals surface area contributed by atoms with Crippen molar-refractivity contribution < 1.29 is 70.8 Å². The number of ether oxygens (including phenoxy) is 3. The molecule has 172 valence electrons. The third-order valence-corrected chi connectivity index (χ3v) is 7.25. The van der Waals surface area contributed by atoms with Crippen LogP contribution in [0.2, 0.25) is 0 Å². The molecule has 2 rings (SSSR count). The van der Waals surface area contributed by atoms with Crippen LogP contribution in [0.25, 0.3) is 0 Å². The van der Waals surface area contributed by atoms with Crippen molar-refractivity contribution in [1.82, 2.24) is 0 Å². The van der Waals surface area contributed by atoms with Crippen molar-refractivity contribution in [3.05, 3.63) is 24.3 Å². The zero-order valence-electron chi connectivity index (χ0n) is 15.0. The lowest BCUT2D eigenvalue weighted by molar-refractivity contribution is -0.115. The summed E-state index contributed by atoms with van der Waals surface area (Å²) < 4.78 is 60.5. The fourth-order valence-corrected chi connectivity index (χ4v) is 5.24. The van der Waals surface area contributed by atoms with Gasteiger partial charge in [-0.25, -0.2) is 13.7 Å². The van der Waals surface area contributed by atoms with Gasteiger partial charge in [-0.05, 0) is 24.3 Å². The first-order chi connectivity index (χ1) is 13.7. The van der Waals surface area contributed by atoms with Crippen molar-refractivity contribution in [2.75, 3.05) is 13.7 Å². The molecule has 1 fully saturated rings. The molecular formula is C12H19O15P3. The lowest BCUT2D eigenvalue weighted by Gasteiger charge is -2.19. The number of rotatable bonds is 10. The highest BCUT2D eigenvalue weighted by atomic mass is 31.3. The van der Waals surface area contributed by atoms with Gasteiger partial charge >= 0.3 is 23.5 Å². The molecule has 0 spiro atoms. The van der Waals surface area contributed by atoms with Gasteiger partial charge < -0.3 is 44.0 Å². The molecule has 3 unspecified atom stereocenters. The highest BCUT2D eigenvalue weighted by Gasteiger charge is 2.46. The van der Waals surface area contributed by atoms with Crippen LogP contribution in [0.5, 0.6) is 11.5 Å². The van der Waals surface area contributed by atoms with Crippen LogP contribution >= 0.6 is 23.5 Å². The van der Waals surface area contributed by atoms with E-state index < -0.39 is 54.7 Å². The van der Waals surface area contributed by atoms with E-state index in [9.17, 15) is 28.8 Å².